The topological polar surface area (TPSA) is 52.3 Å². The molecule has 1 rings (SSSR count). The van der Waals surface area contributed by atoms with Gasteiger partial charge in [0.1, 0.15) is 6.10 Å². The molecule has 0 aromatic rings. The summed E-state index contributed by atoms with van der Waals surface area (Å²) < 4.78 is 5.56. The number of hydrogen-bond donors (Lipinski definition) is 1. The standard InChI is InChI=1S/C14H27NO2/c1-11(5-4-10-15)13(16)17-12-6-8-14(2,3)9-7-12/h11-12H,4-10,15H2,1-3H3. The molecule has 2 N–H and O–H groups in total. The Bertz CT molecular complexity index is 241. The zero-order chi connectivity index (χ0) is 12.9. The summed E-state index contributed by atoms with van der Waals surface area (Å²) in [4.78, 5) is 11.8. The molecule has 1 aliphatic rings. The highest BCUT2D eigenvalue weighted by Gasteiger charge is 2.29. The fourth-order valence-corrected chi connectivity index (χ4v) is 2.31. The van der Waals surface area contributed by atoms with Crippen molar-refractivity contribution in [3.8, 4) is 0 Å². The van der Waals surface area contributed by atoms with E-state index < -0.39 is 0 Å². The molecule has 3 nitrogen and oxygen atoms in total. The fraction of sp³-hybridized carbons (Fsp3) is 0.929. The highest BCUT2D eigenvalue weighted by atomic mass is 16.5. The van der Waals surface area contributed by atoms with Crippen LogP contribution in [0, 0.1) is 11.3 Å². The van der Waals surface area contributed by atoms with E-state index in [9.17, 15) is 4.79 Å². The average Bonchev–Trinajstić information content (AvgIpc) is 2.28. The molecule has 0 saturated heterocycles. The van der Waals surface area contributed by atoms with Gasteiger partial charge >= 0.3 is 5.97 Å². The van der Waals surface area contributed by atoms with Crippen LogP contribution in [0.1, 0.15) is 59.3 Å². The molecule has 1 fully saturated rings. The lowest BCUT2D eigenvalue weighted by atomic mass is 9.76. The second-order valence-electron chi connectivity index (χ2n) is 6.13. The molecule has 0 heterocycles. The van der Waals surface area contributed by atoms with Crippen molar-refractivity contribution >= 4 is 5.97 Å². The van der Waals surface area contributed by atoms with Crippen LogP contribution in [0.4, 0.5) is 0 Å². The Kier molecular flexibility index (Phi) is 5.44. The van der Waals surface area contributed by atoms with Crippen LogP contribution in [-0.4, -0.2) is 18.6 Å². The van der Waals surface area contributed by atoms with Gasteiger partial charge in [0, 0.05) is 0 Å². The highest BCUT2D eigenvalue weighted by molar-refractivity contribution is 5.72. The van der Waals surface area contributed by atoms with Crippen molar-refractivity contribution in [1.82, 2.24) is 0 Å². The van der Waals surface area contributed by atoms with Gasteiger partial charge in [0.2, 0.25) is 0 Å². The second kappa shape index (κ2) is 6.39. The Hall–Kier alpha value is -0.570. The quantitative estimate of drug-likeness (QED) is 0.753. The molecule has 1 atom stereocenters. The molecule has 1 saturated carbocycles. The minimum atomic E-state index is -0.0387. The Labute approximate surface area is 105 Å². The number of ether oxygens (including phenoxy) is 1. The first-order chi connectivity index (χ1) is 7.94. The average molecular weight is 241 g/mol. The summed E-state index contributed by atoms with van der Waals surface area (Å²) in [5.74, 6) is -0.0448. The lowest BCUT2D eigenvalue weighted by molar-refractivity contribution is -0.156. The molecule has 0 aromatic carbocycles. The van der Waals surface area contributed by atoms with E-state index in [2.05, 4.69) is 13.8 Å². The van der Waals surface area contributed by atoms with Gasteiger partial charge in [-0.15, -0.1) is 0 Å². The van der Waals surface area contributed by atoms with Crippen molar-refractivity contribution in [1.29, 1.82) is 0 Å². The van der Waals surface area contributed by atoms with Crippen LogP contribution in [0.25, 0.3) is 0 Å². The third kappa shape index (κ3) is 5.07. The fourth-order valence-electron chi connectivity index (χ4n) is 2.31. The summed E-state index contributed by atoms with van der Waals surface area (Å²) >= 11 is 0. The van der Waals surface area contributed by atoms with Crippen LogP contribution in [-0.2, 0) is 9.53 Å². The largest absolute Gasteiger partial charge is 0.462 e. The summed E-state index contributed by atoms with van der Waals surface area (Å²) in [5, 5.41) is 0. The first kappa shape index (κ1) is 14.5. The molecule has 0 radical (unpaired) electrons. The van der Waals surface area contributed by atoms with Crippen molar-refractivity contribution in [2.24, 2.45) is 17.1 Å². The molecule has 0 aliphatic heterocycles. The van der Waals surface area contributed by atoms with Crippen molar-refractivity contribution < 1.29 is 9.53 Å². The number of rotatable bonds is 5. The van der Waals surface area contributed by atoms with Crippen LogP contribution in [0.3, 0.4) is 0 Å². The third-order valence-corrected chi connectivity index (χ3v) is 3.81. The zero-order valence-electron chi connectivity index (χ0n) is 11.5. The number of nitrogens with two attached hydrogens (primary N) is 1. The minimum absolute atomic E-state index is 0.00603. The van der Waals surface area contributed by atoms with Gasteiger partial charge in [-0.1, -0.05) is 20.8 Å². The Morgan fingerprint density at radius 2 is 2.00 bits per heavy atom. The maximum absolute atomic E-state index is 11.8. The number of hydrogen-bond acceptors (Lipinski definition) is 3. The van der Waals surface area contributed by atoms with Gasteiger partial charge in [0.05, 0.1) is 5.92 Å². The van der Waals surface area contributed by atoms with Crippen molar-refractivity contribution in [2.45, 2.75) is 65.4 Å². The molecule has 1 unspecified atom stereocenters. The van der Waals surface area contributed by atoms with Crippen LogP contribution in [0.5, 0.6) is 0 Å². The number of carbonyl (C=O) groups is 1. The van der Waals surface area contributed by atoms with Gasteiger partial charge in [-0.25, -0.2) is 0 Å². The first-order valence-corrected chi connectivity index (χ1v) is 6.85. The summed E-state index contributed by atoms with van der Waals surface area (Å²) in [6.07, 6.45) is 6.23. The molecule has 100 valence electrons. The molecule has 3 heteroatoms. The lowest BCUT2D eigenvalue weighted by Gasteiger charge is -2.34. The third-order valence-electron chi connectivity index (χ3n) is 3.81. The lowest BCUT2D eigenvalue weighted by Crippen LogP contribution is -2.30. The summed E-state index contributed by atoms with van der Waals surface area (Å²) in [6, 6.07) is 0. The van der Waals surface area contributed by atoms with Gasteiger partial charge in [-0.05, 0) is 50.5 Å². The van der Waals surface area contributed by atoms with E-state index in [4.69, 9.17) is 10.5 Å². The summed E-state index contributed by atoms with van der Waals surface area (Å²) in [5.41, 5.74) is 5.86. The zero-order valence-corrected chi connectivity index (χ0v) is 11.5. The van der Waals surface area contributed by atoms with E-state index in [1.165, 1.54) is 0 Å². The maximum Gasteiger partial charge on any atom is 0.308 e. The molecular weight excluding hydrogens is 214 g/mol. The maximum atomic E-state index is 11.8. The molecule has 0 spiro atoms. The Balaban J connectivity index is 2.27. The Morgan fingerprint density at radius 1 is 1.41 bits per heavy atom. The van der Waals surface area contributed by atoms with Crippen LogP contribution in [0.15, 0.2) is 0 Å². The van der Waals surface area contributed by atoms with Crippen molar-refractivity contribution in [3.63, 3.8) is 0 Å². The Morgan fingerprint density at radius 3 is 2.53 bits per heavy atom. The second-order valence-corrected chi connectivity index (χ2v) is 6.13. The molecule has 0 bridgehead atoms. The van der Waals surface area contributed by atoms with Crippen LogP contribution in [0.2, 0.25) is 0 Å². The van der Waals surface area contributed by atoms with E-state index >= 15 is 0 Å². The van der Waals surface area contributed by atoms with E-state index in [1.807, 2.05) is 6.92 Å². The first-order valence-electron chi connectivity index (χ1n) is 6.85. The molecule has 17 heavy (non-hydrogen) atoms. The molecule has 1 aliphatic carbocycles. The van der Waals surface area contributed by atoms with Crippen molar-refractivity contribution in [3.05, 3.63) is 0 Å². The summed E-state index contributed by atoms with van der Waals surface area (Å²) in [6.45, 7) is 7.16. The van der Waals surface area contributed by atoms with E-state index in [0.29, 0.717) is 12.0 Å². The van der Waals surface area contributed by atoms with Gasteiger partial charge in [0.15, 0.2) is 0 Å². The van der Waals surface area contributed by atoms with Crippen LogP contribution < -0.4 is 5.73 Å². The SMILES string of the molecule is CC(CCCN)C(=O)OC1CCC(C)(C)CC1. The predicted molar refractivity (Wildman–Crippen MR) is 69.6 cm³/mol. The van der Waals surface area contributed by atoms with Crippen molar-refractivity contribution in [2.75, 3.05) is 6.54 Å². The predicted octanol–water partition coefficient (Wildman–Crippen LogP) is 2.87. The molecular formula is C14H27NO2. The minimum Gasteiger partial charge on any atom is -0.462 e. The van der Waals surface area contributed by atoms with E-state index in [1.54, 1.807) is 0 Å². The van der Waals surface area contributed by atoms with Gasteiger partial charge in [-0.2, -0.15) is 0 Å². The van der Waals surface area contributed by atoms with Crippen LogP contribution >= 0.6 is 0 Å². The molecule has 0 amide bonds. The monoisotopic (exact) mass is 241 g/mol. The van der Waals surface area contributed by atoms with Gasteiger partial charge in [0.25, 0.3) is 0 Å². The smallest absolute Gasteiger partial charge is 0.308 e. The van der Waals surface area contributed by atoms with Gasteiger partial charge in [-0.3, -0.25) is 4.79 Å². The normalized spacial score (nSPS) is 22.1. The van der Waals surface area contributed by atoms with Gasteiger partial charge < -0.3 is 10.5 Å². The van der Waals surface area contributed by atoms with E-state index in [0.717, 1.165) is 38.5 Å². The number of carbonyl (C=O) groups excluding carboxylic acids is 1. The molecule has 0 aromatic heterocycles. The number of esters is 1. The van der Waals surface area contributed by atoms with E-state index in [-0.39, 0.29) is 18.0 Å². The highest BCUT2D eigenvalue weighted by Crippen LogP contribution is 2.36. The summed E-state index contributed by atoms with van der Waals surface area (Å²) in [7, 11) is 0.